The standard InChI is InChI=1S/C8H4BrIN4OS/c9-6-2-1-4(10)3-5(6)7(15)11-8-12-13-14-16-8/h1-3H,(H,11,12,14,15). The molecule has 5 nitrogen and oxygen atoms in total. The third kappa shape index (κ3) is 2.74. The second kappa shape index (κ2) is 5.15. The summed E-state index contributed by atoms with van der Waals surface area (Å²) in [4.78, 5) is 11.9. The molecule has 1 heterocycles. The van der Waals surface area contributed by atoms with Crippen molar-refractivity contribution in [2.24, 2.45) is 0 Å². The van der Waals surface area contributed by atoms with E-state index in [0.717, 1.165) is 19.6 Å². The number of carbonyl (C=O) groups excluding carboxylic acids is 1. The van der Waals surface area contributed by atoms with E-state index in [-0.39, 0.29) is 5.91 Å². The van der Waals surface area contributed by atoms with Crippen LogP contribution < -0.4 is 5.32 Å². The average molecular weight is 411 g/mol. The molecule has 0 unspecified atom stereocenters. The normalized spacial score (nSPS) is 10.1. The zero-order valence-corrected chi connectivity index (χ0v) is 12.2. The fourth-order valence-electron chi connectivity index (χ4n) is 1.02. The van der Waals surface area contributed by atoms with Gasteiger partial charge in [0.2, 0.25) is 5.13 Å². The molecule has 0 aliphatic rings. The van der Waals surface area contributed by atoms with Crippen molar-refractivity contribution in [2.75, 3.05) is 5.32 Å². The molecule has 0 aliphatic heterocycles. The number of anilines is 1. The van der Waals surface area contributed by atoms with Crippen LogP contribution in [-0.4, -0.2) is 20.7 Å². The van der Waals surface area contributed by atoms with E-state index in [2.05, 4.69) is 58.6 Å². The predicted octanol–water partition coefficient (Wildman–Crippen LogP) is 2.55. The van der Waals surface area contributed by atoms with Crippen LogP contribution in [0.5, 0.6) is 0 Å². The molecule has 82 valence electrons. The SMILES string of the molecule is O=C(Nc1nnns1)c1cc(I)ccc1Br. The summed E-state index contributed by atoms with van der Waals surface area (Å²) >= 11 is 6.50. The number of amides is 1. The van der Waals surface area contributed by atoms with E-state index in [1.54, 1.807) is 6.07 Å². The molecule has 16 heavy (non-hydrogen) atoms. The molecule has 0 atom stereocenters. The van der Waals surface area contributed by atoms with Crippen LogP contribution in [-0.2, 0) is 0 Å². The monoisotopic (exact) mass is 410 g/mol. The number of nitrogens with one attached hydrogen (secondary N) is 1. The van der Waals surface area contributed by atoms with Gasteiger partial charge in [-0.1, -0.05) is 9.59 Å². The highest BCUT2D eigenvalue weighted by Crippen LogP contribution is 2.20. The summed E-state index contributed by atoms with van der Waals surface area (Å²) in [5, 5.41) is 10.0. The predicted molar refractivity (Wildman–Crippen MR) is 72.5 cm³/mol. The van der Waals surface area contributed by atoms with E-state index in [1.807, 2.05) is 12.1 Å². The van der Waals surface area contributed by atoms with Gasteiger partial charge in [-0.05, 0) is 61.9 Å². The summed E-state index contributed by atoms with van der Waals surface area (Å²) in [7, 11) is 0. The quantitative estimate of drug-likeness (QED) is 0.772. The highest BCUT2D eigenvalue weighted by Gasteiger charge is 2.12. The third-order valence-corrected chi connectivity index (χ3v) is 3.57. The molecule has 1 amide bonds. The molecule has 8 heteroatoms. The lowest BCUT2D eigenvalue weighted by atomic mass is 10.2. The molecule has 0 fully saturated rings. The van der Waals surface area contributed by atoms with Crippen LogP contribution in [0, 0.1) is 3.57 Å². The van der Waals surface area contributed by atoms with Crippen LogP contribution in [0.25, 0.3) is 0 Å². The molecule has 0 aliphatic carbocycles. The first kappa shape index (κ1) is 11.9. The first-order chi connectivity index (χ1) is 7.66. The summed E-state index contributed by atoms with van der Waals surface area (Å²) in [5.41, 5.74) is 0.558. The molecule has 2 rings (SSSR count). The van der Waals surface area contributed by atoms with Crippen LogP contribution in [0.2, 0.25) is 0 Å². The number of nitrogens with zero attached hydrogens (tertiary/aromatic N) is 3. The van der Waals surface area contributed by atoms with Crippen molar-refractivity contribution in [2.45, 2.75) is 0 Å². The van der Waals surface area contributed by atoms with Gasteiger partial charge in [0.05, 0.1) is 5.56 Å². The topological polar surface area (TPSA) is 67.8 Å². The minimum atomic E-state index is -0.232. The smallest absolute Gasteiger partial charge is 0.258 e. The largest absolute Gasteiger partial charge is 0.295 e. The summed E-state index contributed by atoms with van der Waals surface area (Å²) in [6, 6.07) is 5.53. The van der Waals surface area contributed by atoms with Crippen molar-refractivity contribution >= 4 is 61.1 Å². The lowest BCUT2D eigenvalue weighted by Gasteiger charge is -2.03. The summed E-state index contributed by atoms with van der Waals surface area (Å²) in [5.74, 6) is -0.232. The van der Waals surface area contributed by atoms with E-state index in [4.69, 9.17) is 0 Å². The van der Waals surface area contributed by atoms with Crippen LogP contribution in [0.15, 0.2) is 22.7 Å². The average Bonchev–Trinajstić information content (AvgIpc) is 2.74. The first-order valence-corrected chi connectivity index (χ1v) is 6.73. The maximum atomic E-state index is 11.9. The van der Waals surface area contributed by atoms with Crippen molar-refractivity contribution in [3.63, 3.8) is 0 Å². The Morgan fingerprint density at radius 2 is 2.31 bits per heavy atom. The number of benzene rings is 1. The van der Waals surface area contributed by atoms with Crippen LogP contribution in [0.3, 0.4) is 0 Å². The summed E-state index contributed by atoms with van der Waals surface area (Å²) in [6.07, 6.45) is 0. The van der Waals surface area contributed by atoms with Crippen molar-refractivity contribution in [1.29, 1.82) is 0 Å². The molecule has 2 aromatic rings. The Bertz CT molecular complexity index is 519. The summed E-state index contributed by atoms with van der Waals surface area (Å²) in [6.45, 7) is 0. The first-order valence-electron chi connectivity index (χ1n) is 4.08. The molecule has 0 saturated heterocycles. The second-order valence-electron chi connectivity index (χ2n) is 2.75. The zero-order valence-electron chi connectivity index (χ0n) is 7.65. The zero-order chi connectivity index (χ0) is 11.5. The second-order valence-corrected chi connectivity index (χ2v) is 5.58. The molecule has 0 saturated carbocycles. The Morgan fingerprint density at radius 1 is 1.50 bits per heavy atom. The van der Waals surface area contributed by atoms with Gasteiger partial charge in [0.15, 0.2) is 0 Å². The lowest BCUT2D eigenvalue weighted by molar-refractivity contribution is 0.102. The number of aromatic nitrogens is 3. The maximum Gasteiger partial charge on any atom is 0.258 e. The van der Waals surface area contributed by atoms with Gasteiger partial charge in [0.1, 0.15) is 0 Å². The minimum absolute atomic E-state index is 0.232. The van der Waals surface area contributed by atoms with Gasteiger partial charge >= 0.3 is 0 Å². The van der Waals surface area contributed by atoms with Crippen molar-refractivity contribution in [3.05, 3.63) is 31.8 Å². The van der Waals surface area contributed by atoms with Gasteiger partial charge in [-0.3, -0.25) is 10.1 Å². The molecule has 1 aromatic heterocycles. The molecular formula is C8H4BrIN4OS. The van der Waals surface area contributed by atoms with Crippen molar-refractivity contribution in [1.82, 2.24) is 14.8 Å². The Balaban J connectivity index is 2.24. The molecule has 0 bridgehead atoms. The molecule has 0 radical (unpaired) electrons. The van der Waals surface area contributed by atoms with E-state index in [1.165, 1.54) is 0 Å². The highest BCUT2D eigenvalue weighted by atomic mass is 127. The number of carbonyl (C=O) groups is 1. The highest BCUT2D eigenvalue weighted by molar-refractivity contribution is 14.1. The fraction of sp³-hybridized carbons (Fsp3) is 0. The van der Waals surface area contributed by atoms with E-state index in [9.17, 15) is 4.79 Å². The van der Waals surface area contributed by atoms with Crippen molar-refractivity contribution < 1.29 is 4.79 Å². The molecule has 1 aromatic carbocycles. The van der Waals surface area contributed by atoms with Crippen molar-refractivity contribution in [3.8, 4) is 0 Å². The van der Waals surface area contributed by atoms with Crippen LogP contribution >= 0.6 is 50.1 Å². The van der Waals surface area contributed by atoms with Gasteiger partial charge < -0.3 is 0 Å². The van der Waals surface area contributed by atoms with Crippen LogP contribution in [0.4, 0.5) is 5.13 Å². The fourth-order valence-corrected chi connectivity index (χ4v) is 2.30. The molecular weight excluding hydrogens is 407 g/mol. The summed E-state index contributed by atoms with van der Waals surface area (Å²) < 4.78 is 5.29. The van der Waals surface area contributed by atoms with E-state index in [0.29, 0.717) is 10.7 Å². The number of halogens is 2. The van der Waals surface area contributed by atoms with Gasteiger partial charge in [0.25, 0.3) is 5.91 Å². The maximum absolute atomic E-state index is 11.9. The van der Waals surface area contributed by atoms with Gasteiger partial charge in [-0.25, -0.2) is 0 Å². The van der Waals surface area contributed by atoms with Crippen LogP contribution in [0.1, 0.15) is 10.4 Å². The Morgan fingerprint density at radius 3 is 3.00 bits per heavy atom. The van der Waals surface area contributed by atoms with Gasteiger partial charge in [-0.2, -0.15) is 0 Å². The third-order valence-electron chi connectivity index (χ3n) is 1.69. The Hall–Kier alpha value is -0.610. The molecule has 1 N–H and O–H groups in total. The van der Waals surface area contributed by atoms with Gasteiger partial charge in [0, 0.05) is 19.6 Å². The van der Waals surface area contributed by atoms with Gasteiger partial charge in [-0.15, -0.1) is 0 Å². The number of rotatable bonds is 2. The Kier molecular flexibility index (Phi) is 3.82. The van der Waals surface area contributed by atoms with E-state index >= 15 is 0 Å². The Labute approximate surface area is 117 Å². The van der Waals surface area contributed by atoms with E-state index < -0.39 is 0 Å². The number of hydrogen-bond donors (Lipinski definition) is 1. The minimum Gasteiger partial charge on any atom is -0.295 e. The number of hydrogen-bond acceptors (Lipinski definition) is 5. The lowest BCUT2D eigenvalue weighted by Crippen LogP contribution is -2.12. The molecule has 0 spiro atoms.